The fraction of sp³-hybridized carbons (Fsp3) is 0.778. The minimum atomic E-state index is 0.206. The number of ether oxygens (including phenoxy) is 1. The Hall–Kier alpha value is -0.940. The van der Waals surface area contributed by atoms with Gasteiger partial charge in [0.25, 0.3) is 0 Å². The van der Waals surface area contributed by atoms with Crippen LogP contribution < -0.4 is 5.32 Å². The molecule has 5 nitrogen and oxygen atoms in total. The van der Waals surface area contributed by atoms with Gasteiger partial charge in [-0.2, -0.15) is 4.98 Å². The molecule has 2 atom stereocenters. The molecule has 0 aromatic carbocycles. The first-order chi connectivity index (χ1) is 6.74. The molecule has 0 fully saturated rings. The monoisotopic (exact) mass is 199 g/mol. The van der Waals surface area contributed by atoms with Crippen LogP contribution in [0.15, 0.2) is 10.9 Å². The van der Waals surface area contributed by atoms with Crippen molar-refractivity contribution in [3.63, 3.8) is 0 Å². The zero-order valence-electron chi connectivity index (χ0n) is 8.86. The summed E-state index contributed by atoms with van der Waals surface area (Å²) in [5, 5.41) is 6.85. The van der Waals surface area contributed by atoms with Gasteiger partial charge in [0, 0.05) is 26.1 Å². The first kappa shape index (κ1) is 11.1. The smallest absolute Gasteiger partial charge is 0.227 e. The third kappa shape index (κ3) is 3.43. The van der Waals surface area contributed by atoms with Crippen LogP contribution in [0.5, 0.6) is 0 Å². The number of nitrogens with one attached hydrogen (secondary N) is 1. The normalized spacial score (nSPS) is 15.4. The van der Waals surface area contributed by atoms with Crippen LogP contribution in [0, 0.1) is 0 Å². The zero-order chi connectivity index (χ0) is 10.4. The molecule has 2 unspecified atom stereocenters. The van der Waals surface area contributed by atoms with E-state index in [4.69, 9.17) is 9.26 Å². The summed E-state index contributed by atoms with van der Waals surface area (Å²) < 4.78 is 10.1. The molecule has 0 bridgehead atoms. The molecule has 0 spiro atoms. The van der Waals surface area contributed by atoms with Crippen LogP contribution in [0.2, 0.25) is 0 Å². The molecule has 1 N–H and O–H groups in total. The molecular weight excluding hydrogens is 182 g/mol. The van der Waals surface area contributed by atoms with Crippen molar-refractivity contribution in [2.75, 3.05) is 13.7 Å². The van der Waals surface area contributed by atoms with Gasteiger partial charge < -0.3 is 14.6 Å². The average molecular weight is 199 g/mol. The van der Waals surface area contributed by atoms with Gasteiger partial charge in [0.05, 0.1) is 6.10 Å². The number of methoxy groups -OCH3 is 1. The number of aromatic nitrogens is 2. The van der Waals surface area contributed by atoms with Crippen molar-refractivity contribution in [3.05, 3.63) is 12.2 Å². The maximum absolute atomic E-state index is 5.19. The Morgan fingerprint density at radius 2 is 2.36 bits per heavy atom. The number of nitrogens with zero attached hydrogens (tertiary/aromatic N) is 2. The van der Waals surface area contributed by atoms with Crippen LogP contribution in [-0.4, -0.2) is 35.9 Å². The van der Waals surface area contributed by atoms with E-state index in [-0.39, 0.29) is 6.10 Å². The summed E-state index contributed by atoms with van der Waals surface area (Å²) in [6, 6.07) is 0.322. The van der Waals surface area contributed by atoms with E-state index in [1.54, 1.807) is 7.11 Å². The van der Waals surface area contributed by atoms with Crippen LogP contribution in [0.25, 0.3) is 0 Å². The van der Waals surface area contributed by atoms with Crippen LogP contribution >= 0.6 is 0 Å². The summed E-state index contributed by atoms with van der Waals surface area (Å²) in [7, 11) is 1.71. The van der Waals surface area contributed by atoms with Crippen molar-refractivity contribution in [2.24, 2.45) is 0 Å². The van der Waals surface area contributed by atoms with Gasteiger partial charge in [-0.25, -0.2) is 0 Å². The van der Waals surface area contributed by atoms with Gasteiger partial charge in [-0.1, -0.05) is 5.16 Å². The third-order valence-electron chi connectivity index (χ3n) is 2.29. The van der Waals surface area contributed by atoms with Gasteiger partial charge in [-0.15, -0.1) is 0 Å². The topological polar surface area (TPSA) is 60.2 Å². The van der Waals surface area contributed by atoms with E-state index in [1.165, 1.54) is 6.33 Å². The number of rotatable bonds is 6. The molecule has 0 radical (unpaired) electrons. The van der Waals surface area contributed by atoms with E-state index in [0.29, 0.717) is 11.9 Å². The van der Waals surface area contributed by atoms with Crippen molar-refractivity contribution in [1.82, 2.24) is 15.5 Å². The SMILES string of the molecule is COC(C)C(C)NCCc1ncno1. The van der Waals surface area contributed by atoms with Crippen molar-refractivity contribution < 1.29 is 9.26 Å². The molecule has 5 heteroatoms. The molecule has 0 aliphatic rings. The van der Waals surface area contributed by atoms with E-state index >= 15 is 0 Å². The molecule has 0 aliphatic carbocycles. The maximum atomic E-state index is 5.19. The molecule has 1 aromatic rings. The predicted molar refractivity (Wildman–Crippen MR) is 51.9 cm³/mol. The third-order valence-corrected chi connectivity index (χ3v) is 2.29. The Labute approximate surface area is 83.8 Å². The Morgan fingerprint density at radius 3 is 2.93 bits per heavy atom. The largest absolute Gasteiger partial charge is 0.380 e. The van der Waals surface area contributed by atoms with E-state index in [2.05, 4.69) is 22.4 Å². The highest BCUT2D eigenvalue weighted by atomic mass is 16.5. The lowest BCUT2D eigenvalue weighted by Crippen LogP contribution is -2.37. The summed E-state index contributed by atoms with van der Waals surface area (Å²) in [5.74, 6) is 0.662. The number of hydrogen-bond donors (Lipinski definition) is 1. The lowest BCUT2D eigenvalue weighted by molar-refractivity contribution is 0.0888. The standard InChI is InChI=1S/C9H17N3O2/c1-7(8(2)13-3)10-5-4-9-11-6-12-14-9/h6-8,10H,4-5H2,1-3H3. The maximum Gasteiger partial charge on any atom is 0.227 e. The highest BCUT2D eigenvalue weighted by molar-refractivity contribution is 4.77. The van der Waals surface area contributed by atoms with Crippen molar-refractivity contribution in [3.8, 4) is 0 Å². The molecule has 0 saturated carbocycles. The van der Waals surface area contributed by atoms with Gasteiger partial charge >= 0.3 is 0 Å². The van der Waals surface area contributed by atoms with Crippen LogP contribution in [-0.2, 0) is 11.2 Å². The van der Waals surface area contributed by atoms with Crippen LogP contribution in [0.3, 0.4) is 0 Å². The van der Waals surface area contributed by atoms with Crippen molar-refractivity contribution in [1.29, 1.82) is 0 Å². The van der Waals surface area contributed by atoms with Crippen LogP contribution in [0.4, 0.5) is 0 Å². The molecule has 0 saturated heterocycles. The summed E-state index contributed by atoms with van der Waals surface area (Å²) in [4.78, 5) is 3.93. The predicted octanol–water partition coefficient (Wildman–Crippen LogP) is 0.625. The van der Waals surface area contributed by atoms with Crippen molar-refractivity contribution >= 4 is 0 Å². The Bertz CT molecular complexity index is 238. The van der Waals surface area contributed by atoms with Gasteiger partial charge in [0.15, 0.2) is 6.33 Å². The van der Waals surface area contributed by atoms with Gasteiger partial charge in [0.1, 0.15) is 0 Å². The second-order valence-corrected chi connectivity index (χ2v) is 3.27. The summed E-state index contributed by atoms with van der Waals surface area (Å²) >= 11 is 0. The minimum absolute atomic E-state index is 0.206. The van der Waals surface area contributed by atoms with E-state index in [9.17, 15) is 0 Å². The van der Waals surface area contributed by atoms with Gasteiger partial charge in [0.2, 0.25) is 5.89 Å². The zero-order valence-corrected chi connectivity index (χ0v) is 8.86. The summed E-state index contributed by atoms with van der Waals surface area (Å²) in [5.41, 5.74) is 0. The first-order valence-electron chi connectivity index (χ1n) is 4.75. The molecule has 80 valence electrons. The molecule has 1 aromatic heterocycles. The second-order valence-electron chi connectivity index (χ2n) is 3.27. The molecule has 14 heavy (non-hydrogen) atoms. The highest BCUT2D eigenvalue weighted by Gasteiger charge is 2.10. The molecule has 1 rings (SSSR count). The molecular formula is C9H17N3O2. The van der Waals surface area contributed by atoms with Crippen molar-refractivity contribution in [2.45, 2.75) is 32.4 Å². The first-order valence-corrected chi connectivity index (χ1v) is 4.75. The lowest BCUT2D eigenvalue weighted by atomic mass is 10.2. The quantitative estimate of drug-likeness (QED) is 0.728. The second kappa shape index (κ2) is 5.72. The fourth-order valence-electron chi connectivity index (χ4n) is 1.08. The Balaban J connectivity index is 2.15. The summed E-state index contributed by atoms with van der Waals surface area (Å²) in [6.45, 7) is 4.93. The van der Waals surface area contributed by atoms with Crippen LogP contribution in [0.1, 0.15) is 19.7 Å². The van der Waals surface area contributed by atoms with E-state index < -0.39 is 0 Å². The highest BCUT2D eigenvalue weighted by Crippen LogP contribution is 1.97. The Kier molecular flexibility index (Phi) is 4.55. The molecule has 0 aliphatic heterocycles. The fourth-order valence-corrected chi connectivity index (χ4v) is 1.08. The average Bonchev–Trinajstić information content (AvgIpc) is 2.69. The molecule has 0 amide bonds. The van der Waals surface area contributed by atoms with Gasteiger partial charge in [-0.05, 0) is 13.8 Å². The Morgan fingerprint density at radius 1 is 1.57 bits per heavy atom. The minimum Gasteiger partial charge on any atom is -0.380 e. The molecule has 1 heterocycles. The van der Waals surface area contributed by atoms with E-state index in [0.717, 1.165) is 13.0 Å². The van der Waals surface area contributed by atoms with Gasteiger partial charge in [-0.3, -0.25) is 0 Å². The number of hydrogen-bond acceptors (Lipinski definition) is 5. The van der Waals surface area contributed by atoms with E-state index in [1.807, 2.05) is 6.92 Å². The lowest BCUT2D eigenvalue weighted by Gasteiger charge is -2.19. The summed E-state index contributed by atoms with van der Waals surface area (Å²) in [6.07, 6.45) is 2.37.